The highest BCUT2D eigenvalue weighted by molar-refractivity contribution is 6.36. The Hall–Kier alpha value is -3.32. The lowest BCUT2D eigenvalue weighted by molar-refractivity contribution is 0.0950. The average Bonchev–Trinajstić information content (AvgIpc) is 3.31. The van der Waals surface area contributed by atoms with Crippen LogP contribution in [-0.4, -0.2) is 22.3 Å². The summed E-state index contributed by atoms with van der Waals surface area (Å²) >= 11 is 17.9. The Morgan fingerprint density at radius 1 is 1.00 bits per heavy atom. The molecule has 166 valence electrons. The van der Waals surface area contributed by atoms with E-state index in [0.29, 0.717) is 38.7 Å². The Kier molecular flexibility index (Phi) is 7.29. The van der Waals surface area contributed by atoms with Crippen LogP contribution in [0.15, 0.2) is 77.9 Å². The number of aromatic nitrogens is 2. The number of ether oxygens (including phenoxy) is 1. The van der Waals surface area contributed by atoms with Crippen molar-refractivity contribution in [3.05, 3.63) is 105 Å². The lowest BCUT2D eigenvalue weighted by Gasteiger charge is -2.07. The van der Waals surface area contributed by atoms with Gasteiger partial charge in [0.15, 0.2) is 0 Å². The molecule has 4 rings (SSSR count). The topological polar surface area (TPSA) is 79.4 Å². The van der Waals surface area contributed by atoms with Crippen LogP contribution in [0.5, 0.6) is 5.75 Å². The summed E-state index contributed by atoms with van der Waals surface area (Å²) < 4.78 is 5.86. The summed E-state index contributed by atoms with van der Waals surface area (Å²) in [6.07, 6.45) is 1.44. The van der Waals surface area contributed by atoms with Gasteiger partial charge in [-0.3, -0.25) is 9.89 Å². The first kappa shape index (κ1) is 22.9. The van der Waals surface area contributed by atoms with Crippen molar-refractivity contribution in [1.29, 1.82) is 0 Å². The van der Waals surface area contributed by atoms with E-state index in [0.717, 1.165) is 11.1 Å². The maximum Gasteiger partial charge on any atom is 0.289 e. The molecule has 0 saturated heterocycles. The Morgan fingerprint density at radius 3 is 2.58 bits per heavy atom. The molecule has 0 aliphatic carbocycles. The van der Waals surface area contributed by atoms with E-state index in [4.69, 9.17) is 39.5 Å². The minimum absolute atomic E-state index is 0.261. The molecule has 1 amide bonds. The molecule has 6 nitrogen and oxygen atoms in total. The van der Waals surface area contributed by atoms with Crippen molar-refractivity contribution in [3.8, 4) is 17.0 Å². The maximum absolute atomic E-state index is 12.4. The van der Waals surface area contributed by atoms with Gasteiger partial charge in [-0.1, -0.05) is 65.1 Å². The van der Waals surface area contributed by atoms with E-state index in [1.54, 1.807) is 24.3 Å². The fraction of sp³-hybridized carbons (Fsp3) is 0.0417. The largest absolute Gasteiger partial charge is 0.489 e. The molecule has 0 fully saturated rings. The molecule has 3 aromatic carbocycles. The van der Waals surface area contributed by atoms with Gasteiger partial charge in [0.25, 0.3) is 5.91 Å². The summed E-state index contributed by atoms with van der Waals surface area (Å²) in [5.74, 6) is 0.242. The third-order valence-corrected chi connectivity index (χ3v) is 5.42. The number of benzene rings is 3. The van der Waals surface area contributed by atoms with Gasteiger partial charge in [-0.05, 0) is 48.0 Å². The van der Waals surface area contributed by atoms with Gasteiger partial charge in [0.2, 0.25) is 0 Å². The van der Waals surface area contributed by atoms with Crippen molar-refractivity contribution in [2.45, 2.75) is 6.61 Å². The molecule has 0 atom stereocenters. The van der Waals surface area contributed by atoms with Gasteiger partial charge in [0, 0.05) is 21.2 Å². The number of rotatable bonds is 7. The summed E-state index contributed by atoms with van der Waals surface area (Å²) in [7, 11) is 0. The minimum Gasteiger partial charge on any atom is -0.489 e. The second-order valence-electron chi connectivity index (χ2n) is 6.97. The first-order valence-electron chi connectivity index (χ1n) is 9.79. The number of carbonyl (C=O) groups is 1. The van der Waals surface area contributed by atoms with E-state index in [-0.39, 0.29) is 5.69 Å². The van der Waals surface area contributed by atoms with Crippen LogP contribution in [0.4, 0.5) is 0 Å². The Bertz CT molecular complexity index is 1300. The lowest BCUT2D eigenvalue weighted by Crippen LogP contribution is -2.18. The van der Waals surface area contributed by atoms with Crippen LogP contribution >= 0.6 is 34.8 Å². The molecule has 0 bridgehead atoms. The monoisotopic (exact) mass is 498 g/mol. The molecule has 0 spiro atoms. The fourth-order valence-electron chi connectivity index (χ4n) is 2.91. The van der Waals surface area contributed by atoms with Crippen molar-refractivity contribution in [2.75, 3.05) is 0 Å². The first-order valence-corrected chi connectivity index (χ1v) is 10.9. The predicted octanol–water partition coefficient (Wildman–Crippen LogP) is 6.38. The summed E-state index contributed by atoms with van der Waals surface area (Å²) in [4.78, 5) is 12.4. The molecule has 0 unspecified atom stereocenters. The molecular weight excluding hydrogens is 483 g/mol. The zero-order valence-corrected chi connectivity index (χ0v) is 19.3. The van der Waals surface area contributed by atoms with E-state index in [9.17, 15) is 4.79 Å². The van der Waals surface area contributed by atoms with Gasteiger partial charge in [0.1, 0.15) is 18.1 Å². The maximum atomic E-state index is 12.4. The number of H-pyrrole nitrogens is 1. The van der Waals surface area contributed by atoms with Crippen molar-refractivity contribution in [2.24, 2.45) is 5.10 Å². The minimum atomic E-state index is -0.440. The number of nitrogens with zero attached hydrogens (tertiary/aromatic N) is 2. The van der Waals surface area contributed by atoms with E-state index >= 15 is 0 Å². The summed E-state index contributed by atoms with van der Waals surface area (Å²) in [5.41, 5.74) is 5.73. The molecule has 1 aromatic heterocycles. The molecule has 0 saturated carbocycles. The van der Waals surface area contributed by atoms with Gasteiger partial charge in [-0.15, -0.1) is 0 Å². The number of nitrogens with one attached hydrogen (secondary N) is 2. The van der Waals surface area contributed by atoms with Crippen LogP contribution in [-0.2, 0) is 6.61 Å². The van der Waals surface area contributed by atoms with Crippen molar-refractivity contribution in [3.63, 3.8) is 0 Å². The number of halogens is 3. The number of carbonyl (C=O) groups excluding carboxylic acids is 1. The first-order chi connectivity index (χ1) is 16.0. The van der Waals surface area contributed by atoms with E-state index in [1.807, 2.05) is 48.5 Å². The van der Waals surface area contributed by atoms with E-state index in [1.165, 1.54) is 6.21 Å². The highest BCUT2D eigenvalue weighted by atomic mass is 35.5. The Morgan fingerprint density at radius 2 is 1.79 bits per heavy atom. The van der Waals surface area contributed by atoms with Crippen molar-refractivity contribution < 1.29 is 9.53 Å². The molecule has 0 aliphatic rings. The lowest BCUT2D eigenvalue weighted by atomic mass is 10.1. The molecule has 9 heteroatoms. The van der Waals surface area contributed by atoms with Gasteiger partial charge in [0.05, 0.1) is 16.9 Å². The summed E-state index contributed by atoms with van der Waals surface area (Å²) in [6, 6.07) is 21.5. The molecule has 1 heterocycles. The van der Waals surface area contributed by atoms with Gasteiger partial charge in [-0.25, -0.2) is 5.43 Å². The number of aromatic amines is 1. The highest BCUT2D eigenvalue weighted by Crippen LogP contribution is 2.24. The Balaban J connectivity index is 1.39. The average molecular weight is 500 g/mol. The quantitative estimate of drug-likeness (QED) is 0.229. The number of amides is 1. The number of hydrazone groups is 1. The summed E-state index contributed by atoms with van der Waals surface area (Å²) in [6.45, 7) is 0.407. The third-order valence-electron chi connectivity index (χ3n) is 4.60. The van der Waals surface area contributed by atoms with Gasteiger partial charge in [-0.2, -0.15) is 10.2 Å². The molecule has 4 aromatic rings. The molecule has 0 radical (unpaired) electrons. The normalized spacial score (nSPS) is 11.0. The highest BCUT2D eigenvalue weighted by Gasteiger charge is 2.11. The van der Waals surface area contributed by atoms with Crippen molar-refractivity contribution >= 4 is 46.9 Å². The van der Waals surface area contributed by atoms with Crippen LogP contribution < -0.4 is 10.2 Å². The predicted molar refractivity (Wildman–Crippen MR) is 131 cm³/mol. The molecular formula is C24H17Cl3N4O2. The smallest absolute Gasteiger partial charge is 0.289 e. The molecule has 2 N–H and O–H groups in total. The zero-order valence-electron chi connectivity index (χ0n) is 17.1. The van der Waals surface area contributed by atoms with Crippen LogP contribution in [0.1, 0.15) is 21.6 Å². The zero-order chi connectivity index (χ0) is 23.2. The van der Waals surface area contributed by atoms with Crippen LogP contribution in [0.2, 0.25) is 15.1 Å². The van der Waals surface area contributed by atoms with Gasteiger partial charge >= 0.3 is 0 Å². The number of hydrogen-bond donors (Lipinski definition) is 2. The van der Waals surface area contributed by atoms with Crippen LogP contribution in [0.3, 0.4) is 0 Å². The standard InChI is InChI=1S/C24H17Cl3N4O2/c25-18-7-4-15(5-8-18)14-33-20-3-1-2-16(10-20)22-12-23(30-29-22)24(32)31-28-13-17-6-9-19(26)11-21(17)27/h1-13H,14H2,(H,29,30)(H,31,32)/b28-13+. The second-order valence-corrected chi connectivity index (χ2v) is 8.25. The summed E-state index contributed by atoms with van der Waals surface area (Å²) in [5, 5.41) is 12.5. The third kappa shape index (κ3) is 6.14. The molecule has 33 heavy (non-hydrogen) atoms. The van der Waals surface area contributed by atoms with Crippen LogP contribution in [0, 0.1) is 0 Å². The molecule has 0 aliphatic heterocycles. The van der Waals surface area contributed by atoms with E-state index in [2.05, 4.69) is 20.7 Å². The van der Waals surface area contributed by atoms with Crippen molar-refractivity contribution in [1.82, 2.24) is 15.6 Å². The number of hydrogen-bond acceptors (Lipinski definition) is 4. The van der Waals surface area contributed by atoms with Crippen LogP contribution in [0.25, 0.3) is 11.3 Å². The second kappa shape index (κ2) is 10.5. The van der Waals surface area contributed by atoms with E-state index < -0.39 is 5.91 Å². The fourth-order valence-corrected chi connectivity index (χ4v) is 3.49. The van der Waals surface area contributed by atoms with Gasteiger partial charge < -0.3 is 4.74 Å². The Labute approximate surface area is 205 Å². The SMILES string of the molecule is O=C(N/N=C/c1ccc(Cl)cc1Cl)c1cc(-c2cccc(OCc3ccc(Cl)cc3)c2)n[nH]1.